The molecule has 0 saturated heterocycles. The molecule has 6 heteroatoms. The van der Waals surface area contributed by atoms with Gasteiger partial charge in [-0.1, -0.05) is 0 Å². The highest BCUT2D eigenvalue weighted by Crippen LogP contribution is 2.33. The third-order valence-electron chi connectivity index (χ3n) is 2.21. The summed E-state index contributed by atoms with van der Waals surface area (Å²) < 4.78 is 1.12. The van der Waals surface area contributed by atoms with E-state index in [1.54, 1.807) is 29.9 Å². The molecule has 84 valence electrons. The molecule has 0 amide bonds. The largest absolute Gasteiger partial charge is 0.270 e. The van der Waals surface area contributed by atoms with Gasteiger partial charge < -0.3 is 0 Å². The van der Waals surface area contributed by atoms with Crippen molar-refractivity contribution in [3.63, 3.8) is 0 Å². The Morgan fingerprint density at radius 2 is 2.31 bits per heavy atom. The maximum atomic E-state index is 5.57. The van der Waals surface area contributed by atoms with Gasteiger partial charge in [0.15, 0.2) is 0 Å². The number of aryl methyl sites for hydroxylation is 1. The second kappa shape index (κ2) is 5.01. The molecule has 0 aliphatic carbocycles. The van der Waals surface area contributed by atoms with Crippen molar-refractivity contribution >= 4 is 27.3 Å². The zero-order valence-corrected chi connectivity index (χ0v) is 11.0. The molecule has 3 N–H and O–H groups in total. The Kier molecular flexibility index (Phi) is 3.65. The molecule has 0 spiro atoms. The lowest BCUT2D eigenvalue weighted by Crippen LogP contribution is -2.28. The van der Waals surface area contributed by atoms with E-state index in [0.717, 1.165) is 14.4 Å². The second-order valence-corrected chi connectivity index (χ2v) is 5.74. The maximum absolute atomic E-state index is 5.57. The van der Waals surface area contributed by atoms with Crippen LogP contribution in [-0.4, -0.2) is 9.97 Å². The van der Waals surface area contributed by atoms with E-state index in [4.69, 9.17) is 5.84 Å². The minimum Gasteiger partial charge on any atom is -0.270 e. The van der Waals surface area contributed by atoms with E-state index >= 15 is 0 Å². The topological polar surface area (TPSA) is 63.8 Å². The van der Waals surface area contributed by atoms with Gasteiger partial charge in [-0.05, 0) is 34.5 Å². The number of halogens is 1. The van der Waals surface area contributed by atoms with Gasteiger partial charge >= 0.3 is 0 Å². The number of hydrogen-bond acceptors (Lipinski definition) is 5. The molecule has 0 aromatic carbocycles. The number of nitrogens with one attached hydrogen (secondary N) is 1. The first-order valence-corrected chi connectivity index (χ1v) is 6.31. The normalized spacial score (nSPS) is 12.7. The minimum atomic E-state index is -0.108. The summed E-state index contributed by atoms with van der Waals surface area (Å²) in [5.41, 5.74) is 4.78. The number of hydrazine groups is 1. The van der Waals surface area contributed by atoms with Crippen molar-refractivity contribution in [3.05, 3.63) is 44.6 Å². The summed E-state index contributed by atoms with van der Waals surface area (Å²) in [6.07, 6.45) is 5.02. The average molecular weight is 299 g/mol. The van der Waals surface area contributed by atoms with Gasteiger partial charge in [-0.15, -0.1) is 11.3 Å². The number of thiophene rings is 1. The van der Waals surface area contributed by atoms with Crippen LogP contribution in [0.15, 0.2) is 28.4 Å². The third-order valence-corrected chi connectivity index (χ3v) is 4.41. The Hall–Kier alpha value is -0.820. The number of aromatic nitrogens is 2. The summed E-state index contributed by atoms with van der Waals surface area (Å²) >= 11 is 5.15. The van der Waals surface area contributed by atoms with Crippen molar-refractivity contribution in [2.45, 2.75) is 13.0 Å². The van der Waals surface area contributed by atoms with Crippen molar-refractivity contribution in [2.75, 3.05) is 0 Å². The van der Waals surface area contributed by atoms with E-state index in [0.29, 0.717) is 0 Å². The molecule has 2 aromatic rings. The van der Waals surface area contributed by atoms with Crippen LogP contribution in [0.3, 0.4) is 0 Å². The molecular formula is C10H11BrN4S. The van der Waals surface area contributed by atoms with Gasteiger partial charge in [-0.3, -0.25) is 15.8 Å². The van der Waals surface area contributed by atoms with Crippen LogP contribution in [0.25, 0.3) is 0 Å². The van der Waals surface area contributed by atoms with E-state index in [1.807, 2.05) is 6.92 Å². The van der Waals surface area contributed by atoms with Crippen LogP contribution in [0.5, 0.6) is 0 Å². The van der Waals surface area contributed by atoms with E-state index in [2.05, 4.69) is 37.4 Å². The molecule has 16 heavy (non-hydrogen) atoms. The summed E-state index contributed by atoms with van der Waals surface area (Å²) in [7, 11) is 0. The SMILES string of the molecule is Cc1cc(C(NN)c2cnccn2)sc1Br. The Morgan fingerprint density at radius 3 is 2.81 bits per heavy atom. The van der Waals surface area contributed by atoms with Crippen LogP contribution in [0.2, 0.25) is 0 Å². The summed E-state index contributed by atoms with van der Waals surface area (Å²) in [5.74, 6) is 5.57. The van der Waals surface area contributed by atoms with Crippen molar-refractivity contribution < 1.29 is 0 Å². The minimum absolute atomic E-state index is 0.108. The van der Waals surface area contributed by atoms with Gasteiger partial charge in [0.2, 0.25) is 0 Å². The molecule has 0 aliphatic heterocycles. The summed E-state index contributed by atoms with van der Waals surface area (Å²) in [5, 5.41) is 0. The standard InChI is InChI=1S/C10H11BrN4S/c1-6-4-8(16-10(6)11)9(15-12)7-5-13-2-3-14-7/h2-5,9,15H,12H2,1H3. The Balaban J connectivity index is 2.37. The van der Waals surface area contributed by atoms with Gasteiger partial charge in [-0.2, -0.15) is 0 Å². The molecule has 2 heterocycles. The number of rotatable bonds is 3. The van der Waals surface area contributed by atoms with Crippen LogP contribution in [0.1, 0.15) is 22.2 Å². The highest BCUT2D eigenvalue weighted by Gasteiger charge is 2.17. The van der Waals surface area contributed by atoms with E-state index < -0.39 is 0 Å². The monoisotopic (exact) mass is 298 g/mol. The molecule has 0 fully saturated rings. The number of hydrogen-bond donors (Lipinski definition) is 2. The molecule has 0 bridgehead atoms. The lowest BCUT2D eigenvalue weighted by atomic mass is 10.2. The summed E-state index contributed by atoms with van der Waals surface area (Å²) in [4.78, 5) is 9.41. The highest BCUT2D eigenvalue weighted by molar-refractivity contribution is 9.11. The molecular weight excluding hydrogens is 288 g/mol. The zero-order chi connectivity index (χ0) is 11.5. The molecule has 0 saturated carbocycles. The van der Waals surface area contributed by atoms with Gasteiger partial charge in [0, 0.05) is 17.3 Å². The molecule has 1 unspecified atom stereocenters. The van der Waals surface area contributed by atoms with Gasteiger partial charge in [0.05, 0.1) is 21.7 Å². The highest BCUT2D eigenvalue weighted by atomic mass is 79.9. The van der Waals surface area contributed by atoms with Crippen LogP contribution in [0.4, 0.5) is 0 Å². The first kappa shape index (κ1) is 11.7. The van der Waals surface area contributed by atoms with Crippen LogP contribution in [-0.2, 0) is 0 Å². The molecule has 1 atom stereocenters. The molecule has 0 radical (unpaired) electrons. The zero-order valence-electron chi connectivity index (χ0n) is 8.64. The predicted octanol–water partition coefficient (Wildman–Crippen LogP) is 2.16. The Morgan fingerprint density at radius 1 is 1.50 bits per heavy atom. The van der Waals surface area contributed by atoms with E-state index in [-0.39, 0.29) is 6.04 Å². The lowest BCUT2D eigenvalue weighted by Gasteiger charge is -2.12. The summed E-state index contributed by atoms with van der Waals surface area (Å²) in [6, 6.07) is 1.98. The fraction of sp³-hybridized carbons (Fsp3) is 0.200. The van der Waals surface area contributed by atoms with Crippen LogP contribution >= 0.6 is 27.3 Å². The number of nitrogens with zero attached hydrogens (tertiary/aromatic N) is 2. The average Bonchev–Trinajstić information content (AvgIpc) is 2.61. The van der Waals surface area contributed by atoms with Crippen molar-refractivity contribution in [2.24, 2.45) is 5.84 Å². The molecule has 0 aliphatic rings. The van der Waals surface area contributed by atoms with Gasteiger partial charge in [0.25, 0.3) is 0 Å². The summed E-state index contributed by atoms with van der Waals surface area (Å²) in [6.45, 7) is 2.05. The maximum Gasteiger partial charge on any atom is 0.0989 e. The lowest BCUT2D eigenvalue weighted by molar-refractivity contribution is 0.626. The van der Waals surface area contributed by atoms with Gasteiger partial charge in [-0.25, -0.2) is 5.43 Å². The van der Waals surface area contributed by atoms with Gasteiger partial charge in [0.1, 0.15) is 0 Å². The molecule has 2 rings (SSSR count). The first-order chi connectivity index (χ1) is 7.72. The second-order valence-electron chi connectivity index (χ2n) is 3.34. The number of nitrogens with two attached hydrogens (primary N) is 1. The van der Waals surface area contributed by atoms with Crippen LogP contribution in [0, 0.1) is 6.92 Å². The third kappa shape index (κ3) is 2.30. The van der Waals surface area contributed by atoms with E-state index in [9.17, 15) is 0 Å². The fourth-order valence-corrected chi connectivity index (χ4v) is 3.04. The fourth-order valence-electron chi connectivity index (χ4n) is 1.40. The Labute approximate surface area is 106 Å². The Bertz CT molecular complexity index is 451. The first-order valence-electron chi connectivity index (χ1n) is 4.70. The van der Waals surface area contributed by atoms with Crippen molar-refractivity contribution in [3.8, 4) is 0 Å². The van der Waals surface area contributed by atoms with Crippen LogP contribution < -0.4 is 11.3 Å². The smallest absolute Gasteiger partial charge is 0.0989 e. The predicted molar refractivity (Wildman–Crippen MR) is 68.0 cm³/mol. The van der Waals surface area contributed by atoms with E-state index in [1.165, 1.54) is 5.56 Å². The quantitative estimate of drug-likeness (QED) is 0.673. The molecule has 4 nitrogen and oxygen atoms in total. The van der Waals surface area contributed by atoms with Crippen molar-refractivity contribution in [1.29, 1.82) is 0 Å². The van der Waals surface area contributed by atoms with Crippen molar-refractivity contribution in [1.82, 2.24) is 15.4 Å². The molecule has 2 aromatic heterocycles.